The summed E-state index contributed by atoms with van der Waals surface area (Å²) in [5, 5.41) is 0. The molecule has 12 heavy (non-hydrogen) atoms. The Balaban J connectivity index is 3.14. The third kappa shape index (κ3) is 1.97. The van der Waals surface area contributed by atoms with Gasteiger partial charge in [-0.2, -0.15) is 13.2 Å². The maximum Gasteiger partial charge on any atom is 0.433 e. The van der Waals surface area contributed by atoms with Crippen molar-refractivity contribution in [3.05, 3.63) is 28.0 Å². The Morgan fingerprint density at radius 3 is 2.33 bits per heavy atom. The van der Waals surface area contributed by atoms with Crippen LogP contribution < -0.4 is 0 Å². The van der Waals surface area contributed by atoms with Crippen molar-refractivity contribution in [2.75, 3.05) is 0 Å². The fraction of sp³-hybridized carbons (Fsp3) is 0.286. The summed E-state index contributed by atoms with van der Waals surface area (Å²) in [7, 11) is 0. The summed E-state index contributed by atoms with van der Waals surface area (Å²) < 4.78 is 36.3. The number of aromatic nitrogens is 1. The molecule has 0 spiro atoms. The Kier molecular flexibility index (Phi) is 2.41. The molecule has 0 radical (unpaired) electrons. The molecular weight excluding hydrogens is 235 g/mol. The molecule has 0 aliphatic rings. The zero-order chi connectivity index (χ0) is 9.35. The molecule has 1 nitrogen and oxygen atoms in total. The Hall–Kier alpha value is -0.580. The summed E-state index contributed by atoms with van der Waals surface area (Å²) in [6.07, 6.45) is -4.36. The molecule has 1 aromatic heterocycles. The number of nitrogens with zero attached hydrogens (tertiary/aromatic N) is 1. The highest BCUT2D eigenvalue weighted by molar-refractivity contribution is 9.10. The topological polar surface area (TPSA) is 12.9 Å². The predicted molar refractivity (Wildman–Crippen MR) is 41.7 cm³/mol. The lowest BCUT2D eigenvalue weighted by atomic mass is 10.3. The van der Waals surface area contributed by atoms with Gasteiger partial charge in [0.1, 0.15) is 10.3 Å². The van der Waals surface area contributed by atoms with E-state index < -0.39 is 11.9 Å². The van der Waals surface area contributed by atoms with Crippen LogP contribution in [0.25, 0.3) is 0 Å². The highest BCUT2D eigenvalue weighted by Crippen LogP contribution is 2.29. The smallest absolute Gasteiger partial charge is 0.236 e. The minimum atomic E-state index is -4.36. The number of hydrogen-bond acceptors (Lipinski definition) is 1. The van der Waals surface area contributed by atoms with Crippen LogP contribution >= 0.6 is 15.9 Å². The van der Waals surface area contributed by atoms with E-state index in [1.165, 1.54) is 6.07 Å². The van der Waals surface area contributed by atoms with Crippen molar-refractivity contribution in [1.82, 2.24) is 4.98 Å². The van der Waals surface area contributed by atoms with Gasteiger partial charge >= 0.3 is 6.18 Å². The molecule has 0 amide bonds. The van der Waals surface area contributed by atoms with Crippen LogP contribution in [0.4, 0.5) is 13.2 Å². The minimum Gasteiger partial charge on any atom is -0.236 e. The van der Waals surface area contributed by atoms with Crippen molar-refractivity contribution in [3.8, 4) is 0 Å². The molecule has 0 atom stereocenters. The first-order valence-electron chi connectivity index (χ1n) is 3.11. The fourth-order valence-electron chi connectivity index (χ4n) is 0.662. The molecule has 66 valence electrons. The average molecular weight is 240 g/mol. The number of halogens is 4. The molecule has 0 aliphatic heterocycles. The van der Waals surface area contributed by atoms with Gasteiger partial charge in [0.15, 0.2) is 0 Å². The van der Waals surface area contributed by atoms with Gasteiger partial charge in [0.2, 0.25) is 0 Å². The molecule has 5 heteroatoms. The van der Waals surface area contributed by atoms with Crippen LogP contribution in [0.15, 0.2) is 16.7 Å². The monoisotopic (exact) mass is 239 g/mol. The van der Waals surface area contributed by atoms with Crippen molar-refractivity contribution >= 4 is 15.9 Å². The maximum atomic E-state index is 12.0. The van der Waals surface area contributed by atoms with Gasteiger partial charge in [-0.1, -0.05) is 6.07 Å². The Morgan fingerprint density at radius 1 is 1.33 bits per heavy atom. The standard InChI is InChI=1S/C7H5BrF3N/c1-4-2-3-5(7(9,10)11)12-6(4)8/h2-3H,1H3. The zero-order valence-electron chi connectivity index (χ0n) is 6.11. The van der Waals surface area contributed by atoms with Crippen LogP contribution in [0.2, 0.25) is 0 Å². The molecule has 0 aliphatic carbocycles. The molecule has 1 rings (SSSR count). The van der Waals surface area contributed by atoms with Gasteiger partial charge in [0.05, 0.1) is 0 Å². The van der Waals surface area contributed by atoms with Gasteiger partial charge in [-0.15, -0.1) is 0 Å². The van der Waals surface area contributed by atoms with Crippen molar-refractivity contribution < 1.29 is 13.2 Å². The molecule has 1 heterocycles. The quantitative estimate of drug-likeness (QED) is 0.634. The average Bonchev–Trinajstić information content (AvgIpc) is 1.92. The predicted octanol–water partition coefficient (Wildman–Crippen LogP) is 3.17. The highest BCUT2D eigenvalue weighted by atomic mass is 79.9. The van der Waals surface area contributed by atoms with Crippen molar-refractivity contribution in [3.63, 3.8) is 0 Å². The van der Waals surface area contributed by atoms with Crippen LogP contribution in [-0.2, 0) is 6.18 Å². The van der Waals surface area contributed by atoms with Crippen molar-refractivity contribution in [2.45, 2.75) is 13.1 Å². The van der Waals surface area contributed by atoms with E-state index in [2.05, 4.69) is 20.9 Å². The maximum absolute atomic E-state index is 12.0. The lowest BCUT2D eigenvalue weighted by Gasteiger charge is -2.06. The van der Waals surface area contributed by atoms with Crippen LogP contribution in [0.1, 0.15) is 11.3 Å². The SMILES string of the molecule is Cc1ccc(C(F)(F)F)nc1Br. The van der Waals surface area contributed by atoms with E-state index >= 15 is 0 Å². The first-order chi connectivity index (χ1) is 5.41. The molecule has 0 unspecified atom stereocenters. The largest absolute Gasteiger partial charge is 0.433 e. The molecule has 1 aromatic rings. The molecule has 0 aromatic carbocycles. The summed E-state index contributed by atoms with van der Waals surface area (Å²) in [5.41, 5.74) is -0.192. The van der Waals surface area contributed by atoms with E-state index in [0.717, 1.165) is 6.07 Å². The fourth-order valence-corrected chi connectivity index (χ4v) is 0.985. The van der Waals surface area contributed by atoms with Crippen LogP contribution in [0.5, 0.6) is 0 Å². The lowest BCUT2D eigenvalue weighted by molar-refractivity contribution is -0.141. The van der Waals surface area contributed by atoms with Crippen LogP contribution in [0.3, 0.4) is 0 Å². The zero-order valence-corrected chi connectivity index (χ0v) is 7.70. The summed E-state index contributed by atoms with van der Waals surface area (Å²) in [6.45, 7) is 1.68. The van der Waals surface area contributed by atoms with E-state index in [9.17, 15) is 13.2 Å². The first kappa shape index (κ1) is 9.51. The molecule has 0 bridgehead atoms. The molecular formula is C7H5BrF3N. The Morgan fingerprint density at radius 2 is 1.92 bits per heavy atom. The van der Waals surface area contributed by atoms with E-state index in [0.29, 0.717) is 5.56 Å². The second-order valence-electron chi connectivity index (χ2n) is 2.30. The summed E-state index contributed by atoms with van der Waals surface area (Å²) in [4.78, 5) is 3.34. The minimum absolute atomic E-state index is 0.234. The Labute approximate surface area is 75.7 Å². The van der Waals surface area contributed by atoms with Crippen molar-refractivity contribution in [2.24, 2.45) is 0 Å². The van der Waals surface area contributed by atoms with E-state index in [4.69, 9.17) is 0 Å². The first-order valence-corrected chi connectivity index (χ1v) is 3.91. The van der Waals surface area contributed by atoms with Gasteiger partial charge in [-0.3, -0.25) is 0 Å². The number of pyridine rings is 1. The molecule has 0 saturated carbocycles. The van der Waals surface area contributed by atoms with E-state index in [1.807, 2.05) is 0 Å². The van der Waals surface area contributed by atoms with E-state index in [-0.39, 0.29) is 4.60 Å². The molecule has 0 N–H and O–H groups in total. The normalized spacial score (nSPS) is 11.8. The third-order valence-electron chi connectivity index (χ3n) is 1.33. The van der Waals surface area contributed by atoms with Gasteiger partial charge in [0, 0.05) is 0 Å². The van der Waals surface area contributed by atoms with Gasteiger partial charge in [-0.05, 0) is 34.5 Å². The second kappa shape index (κ2) is 3.05. The lowest BCUT2D eigenvalue weighted by Crippen LogP contribution is -2.07. The summed E-state index contributed by atoms with van der Waals surface area (Å²) in [6, 6.07) is 2.33. The van der Waals surface area contributed by atoms with Gasteiger partial charge < -0.3 is 0 Å². The summed E-state index contributed by atoms with van der Waals surface area (Å²) >= 11 is 2.93. The van der Waals surface area contributed by atoms with E-state index in [1.54, 1.807) is 6.92 Å². The number of alkyl halides is 3. The number of rotatable bonds is 0. The van der Waals surface area contributed by atoms with Crippen LogP contribution in [0, 0.1) is 6.92 Å². The number of aryl methyl sites for hydroxylation is 1. The van der Waals surface area contributed by atoms with Crippen molar-refractivity contribution in [1.29, 1.82) is 0 Å². The second-order valence-corrected chi connectivity index (χ2v) is 3.05. The van der Waals surface area contributed by atoms with Gasteiger partial charge in [0.25, 0.3) is 0 Å². The van der Waals surface area contributed by atoms with Gasteiger partial charge in [-0.25, -0.2) is 4.98 Å². The molecule has 0 saturated heterocycles. The summed E-state index contributed by atoms with van der Waals surface area (Å²) in [5.74, 6) is 0. The third-order valence-corrected chi connectivity index (χ3v) is 2.13. The molecule has 0 fully saturated rings. The number of hydrogen-bond donors (Lipinski definition) is 0. The highest BCUT2D eigenvalue weighted by Gasteiger charge is 2.32. The Bertz CT molecular complexity index is 295. The van der Waals surface area contributed by atoms with Crippen LogP contribution in [-0.4, -0.2) is 4.98 Å².